The number of aliphatic hydroxyl groups excluding tert-OH is 13. The van der Waals surface area contributed by atoms with Gasteiger partial charge in [-0.05, 0) is 0 Å². The first-order valence-electron chi connectivity index (χ1n) is 17.7. The summed E-state index contributed by atoms with van der Waals surface area (Å²) < 4.78 is 38.7. The predicted octanol–water partition coefficient (Wildman–Crippen LogP) is -10.3. The van der Waals surface area contributed by atoms with E-state index in [0.717, 1.165) is 13.8 Å². The summed E-state index contributed by atoms with van der Waals surface area (Å²) in [5, 5.41) is 151. The van der Waals surface area contributed by atoms with E-state index in [1.165, 1.54) is 0 Å². The number of hydrogen-bond donors (Lipinski definition) is 16. The van der Waals surface area contributed by atoms with Crippen molar-refractivity contribution in [2.45, 2.75) is 149 Å². The van der Waals surface area contributed by atoms with E-state index in [0.29, 0.717) is 0 Å². The highest BCUT2D eigenvalue weighted by Crippen LogP contribution is 2.36. The smallest absolute Gasteiger partial charge is 0.364 e. The van der Waals surface area contributed by atoms with E-state index in [9.17, 15) is 85.9 Å². The maximum absolute atomic E-state index is 12.6. The van der Waals surface area contributed by atoms with Gasteiger partial charge in [0.2, 0.25) is 11.8 Å². The molecule has 26 nitrogen and oxygen atoms in total. The molecule has 2 amide bonds. The molecule has 330 valence electrons. The lowest BCUT2D eigenvalue weighted by atomic mass is 9.88. The molecule has 16 N–H and O–H groups in total. The molecule has 4 saturated heterocycles. The first-order valence-corrected chi connectivity index (χ1v) is 17.7. The van der Waals surface area contributed by atoms with Gasteiger partial charge in [0, 0.05) is 20.3 Å². The SMILES string of the molecule is CC(=O)N[C@H]1[C@H](O[C@H]2[C@@H](O)[C@@H](CO)O[C@@H](O[C@H]3[C@H](O)[C@@H](O)C(O)O[C@@H]3CO)[C@@H]2O)O[C@H](CO[C@]2(C(=O)O)C[C@H](O)[C@@H](NC(C)=O)[C@H]([C@H](O)[C@H](O)CO)O2)[C@@H](O)[C@@H]1O. The number of carboxylic acids is 1. The number of carbonyl (C=O) groups excluding carboxylic acids is 2. The third-order valence-corrected chi connectivity index (χ3v) is 9.98. The Bertz CT molecular complexity index is 1350. The maximum atomic E-state index is 12.6. The molecule has 0 spiro atoms. The Kier molecular flexibility index (Phi) is 16.4. The van der Waals surface area contributed by atoms with Crippen LogP contribution in [0.15, 0.2) is 0 Å². The van der Waals surface area contributed by atoms with Gasteiger partial charge in [-0.2, -0.15) is 0 Å². The zero-order valence-corrected chi connectivity index (χ0v) is 30.4. The fourth-order valence-corrected chi connectivity index (χ4v) is 6.94. The Labute approximate surface area is 322 Å². The van der Waals surface area contributed by atoms with E-state index < -0.39 is 179 Å². The first kappa shape index (κ1) is 47.3. The molecule has 1 unspecified atom stereocenters. The number of aliphatic hydroxyl groups is 13. The Morgan fingerprint density at radius 2 is 1.28 bits per heavy atom. The van der Waals surface area contributed by atoms with Crippen molar-refractivity contribution in [3.05, 3.63) is 0 Å². The minimum absolute atomic E-state index is 0.758. The molecular formula is C31H52N2O24. The highest BCUT2D eigenvalue weighted by molar-refractivity contribution is 5.76. The van der Waals surface area contributed by atoms with E-state index in [4.69, 9.17) is 33.2 Å². The van der Waals surface area contributed by atoms with Crippen LogP contribution >= 0.6 is 0 Å². The van der Waals surface area contributed by atoms with Crippen molar-refractivity contribution in [2.24, 2.45) is 0 Å². The van der Waals surface area contributed by atoms with Crippen LogP contribution in [0.5, 0.6) is 0 Å². The van der Waals surface area contributed by atoms with Crippen LogP contribution in [0.3, 0.4) is 0 Å². The molecular weight excluding hydrogens is 784 g/mol. The Balaban J connectivity index is 1.60. The molecule has 4 aliphatic heterocycles. The summed E-state index contributed by atoms with van der Waals surface area (Å²) >= 11 is 0. The van der Waals surface area contributed by atoms with Gasteiger partial charge < -0.3 is 115 Å². The normalized spacial score (nSPS) is 45.1. The van der Waals surface area contributed by atoms with Gasteiger partial charge in [0.15, 0.2) is 18.9 Å². The van der Waals surface area contributed by atoms with E-state index in [1.54, 1.807) is 0 Å². The van der Waals surface area contributed by atoms with E-state index in [2.05, 4.69) is 10.6 Å². The fraction of sp³-hybridized carbons (Fsp3) is 0.903. The van der Waals surface area contributed by atoms with Crippen molar-refractivity contribution in [3.8, 4) is 0 Å². The molecule has 21 atom stereocenters. The van der Waals surface area contributed by atoms with Gasteiger partial charge in [0.25, 0.3) is 5.79 Å². The first-order chi connectivity index (χ1) is 26.7. The number of ether oxygens (including phenoxy) is 7. The van der Waals surface area contributed by atoms with Gasteiger partial charge in [-0.1, -0.05) is 0 Å². The predicted molar refractivity (Wildman–Crippen MR) is 174 cm³/mol. The third-order valence-electron chi connectivity index (χ3n) is 9.98. The molecule has 0 aliphatic carbocycles. The molecule has 0 bridgehead atoms. The molecule has 4 rings (SSSR count). The van der Waals surface area contributed by atoms with Crippen molar-refractivity contribution >= 4 is 17.8 Å². The summed E-state index contributed by atoms with van der Waals surface area (Å²) in [6, 6.07) is -3.26. The minimum Gasteiger partial charge on any atom is -0.477 e. The Hall–Kier alpha value is -2.39. The van der Waals surface area contributed by atoms with Gasteiger partial charge in [-0.25, -0.2) is 4.79 Å². The molecule has 0 radical (unpaired) electrons. The third kappa shape index (κ3) is 10.3. The average Bonchev–Trinajstić information content (AvgIpc) is 3.16. The van der Waals surface area contributed by atoms with Crippen molar-refractivity contribution in [2.75, 3.05) is 26.4 Å². The van der Waals surface area contributed by atoms with Crippen molar-refractivity contribution in [1.29, 1.82) is 0 Å². The zero-order valence-electron chi connectivity index (χ0n) is 30.4. The second-order valence-corrected chi connectivity index (χ2v) is 14.1. The van der Waals surface area contributed by atoms with Crippen LogP contribution in [-0.4, -0.2) is 244 Å². The summed E-state index contributed by atoms with van der Waals surface area (Å²) in [7, 11) is 0. The molecule has 0 aromatic carbocycles. The number of amides is 2. The Morgan fingerprint density at radius 3 is 1.84 bits per heavy atom. The van der Waals surface area contributed by atoms with Crippen molar-refractivity contribution < 1.29 is 119 Å². The standard InChI is InChI=1S/C31H52N2O24/c1-8(37)32-15-10(39)3-31(30(49)50,57-25(15)17(41)11(40)4-34)51-7-14-18(42)20(44)16(33-9(2)38)28(54-14)56-26-19(43)12(5-35)53-29(23(26)47)55-24-13(6-36)52-27(48)22(46)21(24)45/h10-29,34-36,39-48H,3-7H2,1-2H3,(H,32,37)(H,33,38)(H,49,50)/t10-,11+,12+,13+,14+,15+,16+,17+,18+,19-,20+,21+,22+,23+,24+,25+,26-,27?,28-,29-,31+/m0/s1. The maximum Gasteiger partial charge on any atom is 0.364 e. The van der Waals surface area contributed by atoms with Crippen molar-refractivity contribution in [1.82, 2.24) is 10.6 Å². The molecule has 4 aliphatic rings. The highest BCUT2D eigenvalue weighted by Gasteiger charge is 2.58. The molecule has 4 fully saturated rings. The van der Waals surface area contributed by atoms with Gasteiger partial charge in [-0.15, -0.1) is 0 Å². The Morgan fingerprint density at radius 1 is 0.702 bits per heavy atom. The zero-order chi connectivity index (χ0) is 42.7. The van der Waals surface area contributed by atoms with Crippen LogP contribution < -0.4 is 10.6 Å². The van der Waals surface area contributed by atoms with Crippen LogP contribution in [0.2, 0.25) is 0 Å². The summed E-state index contributed by atoms with van der Waals surface area (Å²) in [4.78, 5) is 36.7. The van der Waals surface area contributed by atoms with Crippen LogP contribution in [0.1, 0.15) is 20.3 Å². The molecule has 57 heavy (non-hydrogen) atoms. The number of nitrogens with one attached hydrogen (secondary N) is 2. The second-order valence-electron chi connectivity index (χ2n) is 14.1. The quantitative estimate of drug-likeness (QED) is 0.0728. The van der Waals surface area contributed by atoms with Crippen LogP contribution in [-0.2, 0) is 47.5 Å². The lowest BCUT2D eigenvalue weighted by molar-refractivity contribution is -0.375. The minimum atomic E-state index is -2.93. The highest BCUT2D eigenvalue weighted by atomic mass is 16.8. The van der Waals surface area contributed by atoms with Gasteiger partial charge >= 0.3 is 5.97 Å². The number of carbonyl (C=O) groups is 3. The molecule has 0 aromatic heterocycles. The van der Waals surface area contributed by atoms with Crippen LogP contribution in [0, 0.1) is 0 Å². The van der Waals surface area contributed by atoms with E-state index >= 15 is 0 Å². The lowest BCUT2D eigenvalue weighted by Gasteiger charge is -2.49. The van der Waals surface area contributed by atoms with Gasteiger partial charge in [-0.3, -0.25) is 9.59 Å². The molecule has 26 heteroatoms. The number of carboxylic acid groups (broad SMARTS) is 1. The lowest BCUT2D eigenvalue weighted by Crippen LogP contribution is -2.69. The summed E-state index contributed by atoms with van der Waals surface area (Å²) in [6.45, 7) is -1.92. The molecule has 0 saturated carbocycles. The molecule has 0 aromatic rings. The number of rotatable bonds is 15. The van der Waals surface area contributed by atoms with E-state index in [1.807, 2.05) is 0 Å². The summed E-state index contributed by atoms with van der Waals surface area (Å²) in [5.41, 5.74) is 0. The van der Waals surface area contributed by atoms with Gasteiger partial charge in [0.1, 0.15) is 91.5 Å². The van der Waals surface area contributed by atoms with Crippen LogP contribution in [0.4, 0.5) is 0 Å². The summed E-state index contributed by atoms with van der Waals surface area (Å²) in [5.74, 6) is -6.43. The monoisotopic (exact) mass is 836 g/mol. The van der Waals surface area contributed by atoms with Gasteiger partial charge in [0.05, 0.1) is 38.6 Å². The fourth-order valence-electron chi connectivity index (χ4n) is 6.94. The van der Waals surface area contributed by atoms with E-state index in [-0.39, 0.29) is 0 Å². The number of aliphatic carboxylic acids is 1. The topological polar surface area (TPSA) is 423 Å². The summed E-state index contributed by atoms with van der Waals surface area (Å²) in [6.07, 6.45) is -35.4. The largest absolute Gasteiger partial charge is 0.477 e. The second kappa shape index (κ2) is 19.8. The van der Waals surface area contributed by atoms with Crippen LogP contribution in [0.25, 0.3) is 0 Å². The van der Waals surface area contributed by atoms with Crippen molar-refractivity contribution in [3.63, 3.8) is 0 Å². The number of hydrogen-bond acceptors (Lipinski definition) is 23. The molecule has 4 heterocycles. The average molecular weight is 837 g/mol.